The van der Waals surface area contributed by atoms with E-state index in [1.54, 1.807) is 17.0 Å². The molecule has 1 aliphatic rings. The van der Waals surface area contributed by atoms with E-state index in [1.807, 2.05) is 30.3 Å². The molecule has 2 aromatic rings. The monoisotopic (exact) mass is 313 g/mol. The van der Waals surface area contributed by atoms with E-state index in [2.05, 4.69) is 0 Å². The molecule has 120 valence electrons. The van der Waals surface area contributed by atoms with E-state index in [9.17, 15) is 14.3 Å². The molecule has 1 atom stereocenters. The van der Waals surface area contributed by atoms with Crippen molar-refractivity contribution in [1.82, 2.24) is 4.90 Å². The second-order valence-electron chi connectivity index (χ2n) is 6.00. The first-order valence-corrected chi connectivity index (χ1v) is 7.94. The average Bonchev–Trinajstić information content (AvgIpc) is 2.62. The number of halogens is 1. The third-order valence-electron chi connectivity index (χ3n) is 4.37. The maximum atomic E-state index is 14.2. The Hall–Kier alpha value is -2.20. The predicted molar refractivity (Wildman–Crippen MR) is 87.5 cm³/mol. The van der Waals surface area contributed by atoms with Gasteiger partial charge in [-0.2, -0.15) is 0 Å². The number of aliphatic hydroxyl groups is 1. The first-order valence-electron chi connectivity index (χ1n) is 7.94. The molecule has 1 heterocycles. The fourth-order valence-corrected chi connectivity index (χ4v) is 3.07. The maximum absolute atomic E-state index is 14.2. The van der Waals surface area contributed by atoms with Crippen LogP contribution in [0.15, 0.2) is 48.5 Å². The molecule has 2 aromatic carbocycles. The highest BCUT2D eigenvalue weighted by molar-refractivity contribution is 5.95. The molecule has 23 heavy (non-hydrogen) atoms. The average molecular weight is 313 g/mol. The zero-order valence-electron chi connectivity index (χ0n) is 12.9. The van der Waals surface area contributed by atoms with Crippen LogP contribution in [0.4, 0.5) is 4.39 Å². The summed E-state index contributed by atoms with van der Waals surface area (Å²) >= 11 is 0. The largest absolute Gasteiger partial charge is 0.396 e. The lowest BCUT2D eigenvalue weighted by Gasteiger charge is -2.32. The zero-order chi connectivity index (χ0) is 16.2. The van der Waals surface area contributed by atoms with E-state index >= 15 is 0 Å². The second-order valence-corrected chi connectivity index (χ2v) is 6.00. The van der Waals surface area contributed by atoms with Crippen molar-refractivity contribution in [2.75, 3.05) is 19.7 Å². The van der Waals surface area contributed by atoms with E-state index < -0.39 is 5.82 Å². The molecule has 1 fully saturated rings. The van der Waals surface area contributed by atoms with Crippen LogP contribution in [0.3, 0.4) is 0 Å². The minimum atomic E-state index is -0.499. The van der Waals surface area contributed by atoms with Gasteiger partial charge in [-0.15, -0.1) is 0 Å². The molecule has 0 bridgehead atoms. The van der Waals surface area contributed by atoms with Gasteiger partial charge < -0.3 is 10.0 Å². The molecule has 0 spiro atoms. The van der Waals surface area contributed by atoms with Crippen molar-refractivity contribution in [3.63, 3.8) is 0 Å². The summed E-state index contributed by atoms with van der Waals surface area (Å²) in [4.78, 5) is 14.3. The number of carbonyl (C=O) groups excluding carboxylic acids is 1. The molecule has 3 nitrogen and oxygen atoms in total. The van der Waals surface area contributed by atoms with Crippen molar-refractivity contribution in [3.05, 3.63) is 59.9 Å². The van der Waals surface area contributed by atoms with E-state index in [0.717, 1.165) is 24.0 Å². The number of hydrogen-bond acceptors (Lipinski definition) is 2. The van der Waals surface area contributed by atoms with Crippen LogP contribution in [-0.4, -0.2) is 35.6 Å². The van der Waals surface area contributed by atoms with Gasteiger partial charge in [-0.3, -0.25) is 4.79 Å². The summed E-state index contributed by atoms with van der Waals surface area (Å²) in [6.07, 6.45) is 1.75. The first kappa shape index (κ1) is 15.7. The van der Waals surface area contributed by atoms with Crippen molar-refractivity contribution >= 4 is 5.91 Å². The van der Waals surface area contributed by atoms with Gasteiger partial charge in [0.25, 0.3) is 5.91 Å². The molecule has 3 rings (SSSR count). The van der Waals surface area contributed by atoms with E-state index in [4.69, 9.17) is 0 Å². The summed E-state index contributed by atoms with van der Waals surface area (Å²) in [6.45, 7) is 1.17. The molecule has 1 unspecified atom stereocenters. The Labute approximate surface area is 135 Å². The Morgan fingerprint density at radius 3 is 2.70 bits per heavy atom. The van der Waals surface area contributed by atoms with Crippen molar-refractivity contribution in [1.29, 1.82) is 0 Å². The van der Waals surface area contributed by atoms with E-state index in [0.29, 0.717) is 13.1 Å². The van der Waals surface area contributed by atoms with Gasteiger partial charge in [0.05, 0.1) is 5.56 Å². The lowest BCUT2D eigenvalue weighted by atomic mass is 9.97. The second kappa shape index (κ2) is 6.92. The Bertz CT molecular complexity index is 687. The number of rotatable bonds is 3. The summed E-state index contributed by atoms with van der Waals surface area (Å²) < 4.78 is 14.2. The lowest BCUT2D eigenvalue weighted by molar-refractivity contribution is 0.0616. The van der Waals surface area contributed by atoms with Gasteiger partial charge in [-0.05, 0) is 42.0 Å². The van der Waals surface area contributed by atoms with Gasteiger partial charge in [-0.25, -0.2) is 4.39 Å². The number of aliphatic hydroxyl groups excluding tert-OH is 1. The Balaban J connectivity index is 1.88. The summed E-state index contributed by atoms with van der Waals surface area (Å²) in [5.74, 6) is -0.702. The smallest absolute Gasteiger partial charge is 0.256 e. The van der Waals surface area contributed by atoms with Crippen LogP contribution in [0.2, 0.25) is 0 Å². The quantitative estimate of drug-likeness (QED) is 0.944. The molecule has 0 aliphatic carbocycles. The van der Waals surface area contributed by atoms with Crippen LogP contribution in [0.1, 0.15) is 23.2 Å². The molecule has 0 aromatic heterocycles. The summed E-state index contributed by atoms with van der Waals surface area (Å²) in [5, 5.41) is 9.30. The molecule has 0 saturated carbocycles. The third kappa shape index (κ3) is 3.42. The minimum absolute atomic E-state index is 0.0658. The molecular formula is C19H20FNO2. The first-order chi connectivity index (χ1) is 11.2. The van der Waals surface area contributed by atoms with Gasteiger partial charge in [0.1, 0.15) is 5.82 Å². The molecule has 1 aliphatic heterocycles. The number of benzene rings is 2. The number of carbonyl (C=O) groups is 1. The van der Waals surface area contributed by atoms with Crippen molar-refractivity contribution in [2.24, 2.45) is 5.92 Å². The third-order valence-corrected chi connectivity index (χ3v) is 4.37. The van der Waals surface area contributed by atoms with Gasteiger partial charge in [-0.1, -0.05) is 36.4 Å². The molecular weight excluding hydrogens is 293 g/mol. The number of hydrogen-bond donors (Lipinski definition) is 1. The van der Waals surface area contributed by atoms with Crippen LogP contribution in [-0.2, 0) is 0 Å². The molecule has 1 saturated heterocycles. The standard InChI is InChI=1S/C19H20FNO2/c20-18-9-8-16(15-6-2-1-3-7-15)11-17(18)19(23)21-10-4-5-14(12-21)13-22/h1-3,6-9,11,14,22H,4-5,10,12-13H2. The molecule has 1 N–H and O–H groups in total. The highest BCUT2D eigenvalue weighted by Gasteiger charge is 2.26. The molecule has 0 radical (unpaired) electrons. The van der Waals surface area contributed by atoms with Gasteiger partial charge >= 0.3 is 0 Å². The highest BCUT2D eigenvalue weighted by atomic mass is 19.1. The Morgan fingerprint density at radius 1 is 1.17 bits per heavy atom. The summed E-state index contributed by atoms with van der Waals surface area (Å²) in [5.41, 5.74) is 1.88. The number of amides is 1. The lowest BCUT2D eigenvalue weighted by Crippen LogP contribution is -2.41. The van der Waals surface area contributed by atoms with Crippen molar-refractivity contribution in [3.8, 4) is 11.1 Å². The normalized spacial score (nSPS) is 18.0. The predicted octanol–water partition coefficient (Wildman–Crippen LogP) is 3.34. The van der Waals surface area contributed by atoms with Crippen LogP contribution >= 0.6 is 0 Å². The van der Waals surface area contributed by atoms with E-state index in [1.165, 1.54) is 6.07 Å². The van der Waals surface area contributed by atoms with Crippen LogP contribution in [0, 0.1) is 11.7 Å². The maximum Gasteiger partial charge on any atom is 0.256 e. The summed E-state index contributed by atoms with van der Waals surface area (Å²) in [7, 11) is 0. The van der Waals surface area contributed by atoms with Gasteiger partial charge in [0.2, 0.25) is 0 Å². The number of likely N-dealkylation sites (tertiary alicyclic amines) is 1. The highest BCUT2D eigenvalue weighted by Crippen LogP contribution is 2.24. The van der Waals surface area contributed by atoms with Crippen LogP contribution in [0.25, 0.3) is 11.1 Å². The fourth-order valence-electron chi connectivity index (χ4n) is 3.07. The topological polar surface area (TPSA) is 40.5 Å². The number of nitrogens with zero attached hydrogens (tertiary/aromatic N) is 1. The van der Waals surface area contributed by atoms with Gasteiger partial charge in [0.15, 0.2) is 0 Å². The fraction of sp³-hybridized carbons (Fsp3) is 0.316. The van der Waals surface area contributed by atoms with Gasteiger partial charge in [0, 0.05) is 19.7 Å². The zero-order valence-corrected chi connectivity index (χ0v) is 12.9. The Kier molecular flexibility index (Phi) is 4.72. The Morgan fingerprint density at radius 2 is 1.96 bits per heavy atom. The van der Waals surface area contributed by atoms with Crippen molar-refractivity contribution < 1.29 is 14.3 Å². The molecule has 4 heteroatoms. The van der Waals surface area contributed by atoms with Crippen LogP contribution in [0.5, 0.6) is 0 Å². The minimum Gasteiger partial charge on any atom is -0.396 e. The number of piperidine rings is 1. The van der Waals surface area contributed by atoms with Crippen molar-refractivity contribution in [2.45, 2.75) is 12.8 Å². The van der Waals surface area contributed by atoms with E-state index in [-0.39, 0.29) is 24.0 Å². The summed E-state index contributed by atoms with van der Waals surface area (Å²) in [6, 6.07) is 14.3. The SMILES string of the molecule is O=C(c1cc(-c2ccccc2)ccc1F)N1CCCC(CO)C1. The van der Waals surface area contributed by atoms with Crippen LogP contribution < -0.4 is 0 Å². The molecule has 1 amide bonds.